The topological polar surface area (TPSA) is 86.5 Å². The highest BCUT2D eigenvalue weighted by Crippen LogP contribution is 2.32. The summed E-state index contributed by atoms with van der Waals surface area (Å²) in [4.78, 5) is 17.8. The van der Waals surface area contributed by atoms with E-state index in [1.165, 1.54) is 11.3 Å². The molecule has 0 fully saturated rings. The SMILES string of the molecule is COCCOCCNC(=O)c1sc2nc(C)ccc2c1N. The predicted molar refractivity (Wildman–Crippen MR) is 83.8 cm³/mol. The van der Waals surface area contributed by atoms with Crippen molar-refractivity contribution in [3.63, 3.8) is 0 Å². The Kier molecular flexibility index (Phi) is 5.49. The number of methoxy groups -OCH3 is 1. The van der Waals surface area contributed by atoms with Gasteiger partial charge in [0.05, 0.1) is 25.5 Å². The first-order chi connectivity index (χ1) is 10.1. The van der Waals surface area contributed by atoms with Gasteiger partial charge in [0, 0.05) is 24.7 Å². The second kappa shape index (κ2) is 7.35. The number of carbonyl (C=O) groups excluding carboxylic acids is 1. The van der Waals surface area contributed by atoms with Gasteiger partial charge >= 0.3 is 0 Å². The van der Waals surface area contributed by atoms with Crippen molar-refractivity contribution in [3.05, 3.63) is 22.7 Å². The molecule has 0 bridgehead atoms. The highest BCUT2D eigenvalue weighted by molar-refractivity contribution is 7.21. The van der Waals surface area contributed by atoms with E-state index in [-0.39, 0.29) is 5.91 Å². The zero-order valence-electron chi connectivity index (χ0n) is 12.1. The van der Waals surface area contributed by atoms with Crippen molar-refractivity contribution in [1.82, 2.24) is 10.3 Å². The van der Waals surface area contributed by atoms with Crippen LogP contribution in [-0.4, -0.2) is 44.4 Å². The Bertz CT molecular complexity index is 627. The van der Waals surface area contributed by atoms with Crippen LogP contribution >= 0.6 is 11.3 Å². The highest BCUT2D eigenvalue weighted by atomic mass is 32.1. The number of amides is 1. The Labute approximate surface area is 127 Å². The molecule has 0 aliphatic carbocycles. The van der Waals surface area contributed by atoms with Gasteiger partial charge in [-0.05, 0) is 19.1 Å². The first-order valence-electron chi connectivity index (χ1n) is 6.64. The van der Waals surface area contributed by atoms with Gasteiger partial charge in [-0.25, -0.2) is 4.98 Å². The summed E-state index contributed by atoms with van der Waals surface area (Å²) in [6, 6.07) is 3.78. The van der Waals surface area contributed by atoms with Crippen LogP contribution in [0.1, 0.15) is 15.4 Å². The number of nitrogens with two attached hydrogens (primary N) is 1. The standard InChI is InChI=1S/C14H19N3O3S/c1-9-3-4-10-11(15)12(21-14(10)17-9)13(18)16-5-6-20-8-7-19-2/h3-4H,5-8,15H2,1-2H3,(H,16,18). The lowest BCUT2D eigenvalue weighted by Gasteiger charge is -2.05. The van der Waals surface area contributed by atoms with Gasteiger partial charge in [-0.2, -0.15) is 0 Å². The third-order valence-electron chi connectivity index (χ3n) is 2.90. The fourth-order valence-corrected chi connectivity index (χ4v) is 2.88. The van der Waals surface area contributed by atoms with E-state index in [1.54, 1.807) is 7.11 Å². The van der Waals surface area contributed by atoms with Crippen LogP contribution in [0.3, 0.4) is 0 Å². The molecule has 0 spiro atoms. The Morgan fingerprint density at radius 1 is 1.38 bits per heavy atom. The number of nitrogens with one attached hydrogen (secondary N) is 1. The van der Waals surface area contributed by atoms with E-state index < -0.39 is 0 Å². The first-order valence-corrected chi connectivity index (χ1v) is 7.45. The average molecular weight is 309 g/mol. The summed E-state index contributed by atoms with van der Waals surface area (Å²) in [5, 5.41) is 3.62. The molecule has 2 rings (SSSR count). The fourth-order valence-electron chi connectivity index (χ4n) is 1.82. The predicted octanol–water partition coefficient (Wildman–Crippen LogP) is 1.58. The summed E-state index contributed by atoms with van der Waals surface area (Å²) in [7, 11) is 1.62. The average Bonchev–Trinajstić information content (AvgIpc) is 2.79. The minimum Gasteiger partial charge on any atom is -0.397 e. The number of rotatable bonds is 7. The van der Waals surface area contributed by atoms with Crippen LogP contribution in [0, 0.1) is 6.92 Å². The number of hydrogen-bond donors (Lipinski definition) is 2. The molecule has 21 heavy (non-hydrogen) atoms. The molecule has 0 aliphatic rings. The number of fused-ring (bicyclic) bond motifs is 1. The lowest BCUT2D eigenvalue weighted by molar-refractivity contribution is 0.0693. The Hall–Kier alpha value is -1.70. The molecule has 0 aliphatic heterocycles. The minimum absolute atomic E-state index is 0.191. The Morgan fingerprint density at radius 3 is 2.95 bits per heavy atom. The summed E-state index contributed by atoms with van der Waals surface area (Å²) in [6.45, 7) is 3.84. The van der Waals surface area contributed by atoms with Gasteiger partial charge < -0.3 is 20.5 Å². The normalized spacial score (nSPS) is 11.0. The third kappa shape index (κ3) is 3.90. The van der Waals surface area contributed by atoms with Crippen LogP contribution in [0.2, 0.25) is 0 Å². The molecule has 7 heteroatoms. The van der Waals surface area contributed by atoms with Crippen molar-refractivity contribution in [3.8, 4) is 0 Å². The maximum atomic E-state index is 12.1. The van der Waals surface area contributed by atoms with E-state index in [0.717, 1.165) is 15.9 Å². The highest BCUT2D eigenvalue weighted by Gasteiger charge is 2.16. The molecular weight excluding hydrogens is 290 g/mol. The van der Waals surface area contributed by atoms with Crippen molar-refractivity contribution >= 4 is 33.1 Å². The lowest BCUT2D eigenvalue weighted by Crippen LogP contribution is -2.27. The smallest absolute Gasteiger partial charge is 0.263 e. The van der Waals surface area contributed by atoms with Crippen molar-refractivity contribution in [2.45, 2.75) is 6.92 Å². The number of thiophene rings is 1. The van der Waals surface area contributed by atoms with Crippen LogP contribution < -0.4 is 11.1 Å². The number of ether oxygens (including phenoxy) is 2. The molecule has 3 N–H and O–H groups in total. The van der Waals surface area contributed by atoms with E-state index in [1.807, 2.05) is 19.1 Å². The molecule has 0 aromatic carbocycles. The largest absolute Gasteiger partial charge is 0.397 e. The van der Waals surface area contributed by atoms with E-state index in [4.69, 9.17) is 15.2 Å². The van der Waals surface area contributed by atoms with Gasteiger partial charge in [0.15, 0.2) is 0 Å². The van der Waals surface area contributed by atoms with Gasteiger partial charge in [-0.15, -0.1) is 11.3 Å². The van der Waals surface area contributed by atoms with Crippen molar-refractivity contribution < 1.29 is 14.3 Å². The number of pyridine rings is 1. The number of aromatic nitrogens is 1. The number of carbonyl (C=O) groups is 1. The van der Waals surface area contributed by atoms with Crippen LogP contribution in [0.15, 0.2) is 12.1 Å². The number of nitrogen functional groups attached to an aromatic ring is 1. The summed E-state index contributed by atoms with van der Waals surface area (Å²) in [5.41, 5.74) is 7.41. The third-order valence-corrected chi connectivity index (χ3v) is 4.02. The first kappa shape index (κ1) is 15.7. The molecule has 2 heterocycles. The second-order valence-corrected chi connectivity index (χ2v) is 5.51. The minimum atomic E-state index is -0.191. The van der Waals surface area contributed by atoms with Crippen molar-refractivity contribution in [2.24, 2.45) is 0 Å². The van der Waals surface area contributed by atoms with Gasteiger partial charge in [0.25, 0.3) is 5.91 Å². The number of anilines is 1. The summed E-state index contributed by atoms with van der Waals surface area (Å²) in [5.74, 6) is -0.191. The zero-order chi connectivity index (χ0) is 15.2. The maximum absolute atomic E-state index is 12.1. The molecule has 0 unspecified atom stereocenters. The second-order valence-electron chi connectivity index (χ2n) is 4.51. The molecule has 0 saturated heterocycles. The van der Waals surface area contributed by atoms with Crippen LogP contribution in [0.25, 0.3) is 10.2 Å². The van der Waals surface area contributed by atoms with Crippen molar-refractivity contribution in [1.29, 1.82) is 0 Å². The van der Waals surface area contributed by atoms with Gasteiger partial charge in [-0.3, -0.25) is 4.79 Å². The fraction of sp³-hybridized carbons (Fsp3) is 0.429. The molecule has 2 aromatic heterocycles. The van der Waals surface area contributed by atoms with Gasteiger partial charge in [0.2, 0.25) is 0 Å². The van der Waals surface area contributed by atoms with Gasteiger partial charge in [0.1, 0.15) is 9.71 Å². The maximum Gasteiger partial charge on any atom is 0.263 e. The molecule has 0 saturated carbocycles. The molecule has 6 nitrogen and oxygen atoms in total. The van der Waals surface area contributed by atoms with Crippen molar-refractivity contribution in [2.75, 3.05) is 39.2 Å². The summed E-state index contributed by atoms with van der Waals surface area (Å²) >= 11 is 1.31. The lowest BCUT2D eigenvalue weighted by atomic mass is 10.2. The molecule has 2 aromatic rings. The van der Waals surface area contributed by atoms with Crippen LogP contribution in [0.5, 0.6) is 0 Å². The number of nitrogens with zero attached hydrogens (tertiary/aromatic N) is 1. The van der Waals surface area contributed by atoms with Gasteiger partial charge in [-0.1, -0.05) is 0 Å². The zero-order valence-corrected chi connectivity index (χ0v) is 13.0. The van der Waals surface area contributed by atoms with E-state index in [2.05, 4.69) is 10.3 Å². The quantitative estimate of drug-likeness (QED) is 0.758. The van der Waals surface area contributed by atoms with Crippen LogP contribution in [-0.2, 0) is 9.47 Å². The van der Waals surface area contributed by atoms with E-state index in [9.17, 15) is 4.79 Å². The number of hydrogen-bond acceptors (Lipinski definition) is 6. The molecule has 114 valence electrons. The molecule has 0 atom stereocenters. The molecular formula is C14H19N3O3S. The molecule has 0 radical (unpaired) electrons. The monoisotopic (exact) mass is 309 g/mol. The van der Waals surface area contributed by atoms with Crippen LogP contribution in [0.4, 0.5) is 5.69 Å². The molecule has 1 amide bonds. The summed E-state index contributed by atoms with van der Waals surface area (Å²) < 4.78 is 10.1. The number of aryl methyl sites for hydroxylation is 1. The summed E-state index contributed by atoms with van der Waals surface area (Å²) in [6.07, 6.45) is 0. The Morgan fingerprint density at radius 2 is 2.19 bits per heavy atom. The Balaban J connectivity index is 1.95. The van der Waals surface area contributed by atoms with E-state index >= 15 is 0 Å². The van der Waals surface area contributed by atoms with E-state index in [0.29, 0.717) is 36.9 Å².